The zero-order valence-electron chi connectivity index (χ0n) is 12.0. The zero-order chi connectivity index (χ0) is 15.3. The predicted molar refractivity (Wildman–Crippen MR) is 86.6 cm³/mol. The molecule has 3 nitrogen and oxygen atoms in total. The lowest BCUT2D eigenvalue weighted by atomic mass is 10.0. The minimum Gasteiger partial charge on any atom is -0.312 e. The van der Waals surface area contributed by atoms with Gasteiger partial charge >= 0.3 is 0 Å². The van der Waals surface area contributed by atoms with E-state index in [1.807, 2.05) is 13.0 Å². The van der Waals surface area contributed by atoms with Crippen LogP contribution >= 0.6 is 23.2 Å². The molecule has 1 rings (SSSR count). The van der Waals surface area contributed by atoms with Crippen molar-refractivity contribution in [3.8, 4) is 0 Å². The first-order chi connectivity index (χ1) is 9.25. The van der Waals surface area contributed by atoms with Crippen molar-refractivity contribution in [3.63, 3.8) is 0 Å². The molecule has 0 aromatic heterocycles. The Balaban J connectivity index is 2.94. The molecule has 0 heterocycles. The SMILES string of the molecule is CCCNC(Cc1ccc(Cl)cc1Cl)C(C)S(C)(=O)=O. The van der Waals surface area contributed by atoms with Crippen LogP contribution in [-0.4, -0.2) is 32.5 Å². The highest BCUT2D eigenvalue weighted by molar-refractivity contribution is 7.91. The molecule has 1 aromatic rings. The third-order valence-electron chi connectivity index (χ3n) is 3.35. The maximum absolute atomic E-state index is 11.8. The van der Waals surface area contributed by atoms with Gasteiger partial charge in [-0.3, -0.25) is 0 Å². The van der Waals surface area contributed by atoms with E-state index in [4.69, 9.17) is 23.2 Å². The van der Waals surface area contributed by atoms with Crippen LogP contribution in [-0.2, 0) is 16.3 Å². The number of hydrogen-bond donors (Lipinski definition) is 1. The molecule has 0 bridgehead atoms. The third-order valence-corrected chi connectivity index (χ3v) is 5.62. The van der Waals surface area contributed by atoms with E-state index in [-0.39, 0.29) is 6.04 Å². The number of sulfone groups is 1. The second kappa shape index (κ2) is 7.64. The van der Waals surface area contributed by atoms with Crippen LogP contribution in [0.5, 0.6) is 0 Å². The Kier molecular flexibility index (Phi) is 6.79. The van der Waals surface area contributed by atoms with E-state index in [9.17, 15) is 8.42 Å². The molecule has 0 radical (unpaired) electrons. The number of benzene rings is 1. The van der Waals surface area contributed by atoms with Crippen molar-refractivity contribution in [2.24, 2.45) is 0 Å². The van der Waals surface area contributed by atoms with E-state index in [1.54, 1.807) is 19.1 Å². The molecule has 0 fully saturated rings. The minimum absolute atomic E-state index is 0.163. The zero-order valence-corrected chi connectivity index (χ0v) is 14.3. The van der Waals surface area contributed by atoms with Crippen LogP contribution in [0.1, 0.15) is 25.8 Å². The fourth-order valence-electron chi connectivity index (χ4n) is 1.96. The fraction of sp³-hybridized carbons (Fsp3) is 0.571. The van der Waals surface area contributed by atoms with Crippen molar-refractivity contribution >= 4 is 33.0 Å². The van der Waals surface area contributed by atoms with E-state index in [0.29, 0.717) is 16.5 Å². The molecule has 114 valence electrons. The van der Waals surface area contributed by atoms with Gasteiger partial charge in [0, 0.05) is 22.3 Å². The van der Waals surface area contributed by atoms with Gasteiger partial charge in [-0.15, -0.1) is 0 Å². The van der Waals surface area contributed by atoms with Crippen molar-refractivity contribution in [2.45, 2.75) is 38.0 Å². The lowest BCUT2D eigenvalue weighted by Crippen LogP contribution is -2.44. The Bertz CT molecular complexity index is 546. The number of hydrogen-bond acceptors (Lipinski definition) is 3. The molecule has 0 aliphatic rings. The predicted octanol–water partition coefficient (Wildman–Crippen LogP) is 3.34. The summed E-state index contributed by atoms with van der Waals surface area (Å²) in [6.07, 6.45) is 2.77. The number of halogens is 2. The van der Waals surface area contributed by atoms with Crippen LogP contribution in [0.25, 0.3) is 0 Å². The molecule has 0 amide bonds. The molecule has 2 atom stereocenters. The summed E-state index contributed by atoms with van der Waals surface area (Å²) in [4.78, 5) is 0. The largest absolute Gasteiger partial charge is 0.312 e. The molecule has 0 saturated carbocycles. The highest BCUT2D eigenvalue weighted by Gasteiger charge is 2.26. The lowest BCUT2D eigenvalue weighted by Gasteiger charge is -2.24. The molecule has 0 spiro atoms. The first kappa shape index (κ1) is 17.8. The third kappa shape index (κ3) is 5.24. The Hall–Kier alpha value is -0.290. The van der Waals surface area contributed by atoms with Crippen molar-refractivity contribution < 1.29 is 8.42 Å². The molecule has 0 aliphatic heterocycles. The van der Waals surface area contributed by atoms with Crippen molar-refractivity contribution in [3.05, 3.63) is 33.8 Å². The van der Waals surface area contributed by atoms with Gasteiger partial charge in [0.2, 0.25) is 0 Å². The van der Waals surface area contributed by atoms with Crippen LogP contribution in [0.4, 0.5) is 0 Å². The molecule has 2 unspecified atom stereocenters. The molecular weight excluding hydrogens is 317 g/mol. The average molecular weight is 338 g/mol. The first-order valence-corrected chi connectivity index (χ1v) is 9.33. The second-order valence-electron chi connectivity index (χ2n) is 5.04. The molecular formula is C14H21Cl2NO2S. The highest BCUT2D eigenvalue weighted by atomic mass is 35.5. The van der Waals surface area contributed by atoms with E-state index in [0.717, 1.165) is 18.5 Å². The van der Waals surface area contributed by atoms with Gasteiger partial charge in [0.25, 0.3) is 0 Å². The van der Waals surface area contributed by atoms with Crippen molar-refractivity contribution in [2.75, 3.05) is 12.8 Å². The summed E-state index contributed by atoms with van der Waals surface area (Å²) >= 11 is 12.0. The Labute approximate surface area is 131 Å². The normalized spacial score (nSPS) is 15.1. The smallest absolute Gasteiger partial charge is 0.151 e. The molecule has 20 heavy (non-hydrogen) atoms. The minimum atomic E-state index is -3.11. The van der Waals surface area contributed by atoms with Crippen molar-refractivity contribution in [1.82, 2.24) is 5.32 Å². The number of rotatable bonds is 7. The van der Waals surface area contributed by atoms with E-state index in [1.165, 1.54) is 6.26 Å². The summed E-state index contributed by atoms with van der Waals surface area (Å²) in [5.41, 5.74) is 0.903. The average Bonchev–Trinajstić information content (AvgIpc) is 2.35. The van der Waals surface area contributed by atoms with Gasteiger partial charge in [0.1, 0.15) is 0 Å². The van der Waals surface area contributed by atoms with Gasteiger partial charge in [-0.1, -0.05) is 36.2 Å². The van der Waals surface area contributed by atoms with Crippen LogP contribution in [0.2, 0.25) is 10.0 Å². The summed E-state index contributed by atoms with van der Waals surface area (Å²) in [5, 5.41) is 3.97. The first-order valence-electron chi connectivity index (χ1n) is 6.62. The van der Waals surface area contributed by atoms with Gasteiger partial charge in [0.05, 0.1) is 5.25 Å². The molecule has 6 heteroatoms. The van der Waals surface area contributed by atoms with Gasteiger partial charge in [-0.25, -0.2) is 8.42 Å². The fourth-order valence-corrected chi connectivity index (χ4v) is 3.23. The van der Waals surface area contributed by atoms with Gasteiger partial charge in [-0.05, 0) is 44.0 Å². The summed E-state index contributed by atoms with van der Waals surface area (Å²) < 4.78 is 23.5. The summed E-state index contributed by atoms with van der Waals surface area (Å²) in [6, 6.07) is 5.13. The second-order valence-corrected chi connectivity index (χ2v) is 8.28. The topological polar surface area (TPSA) is 46.2 Å². The van der Waals surface area contributed by atoms with E-state index >= 15 is 0 Å². The molecule has 1 aromatic carbocycles. The van der Waals surface area contributed by atoms with Crippen molar-refractivity contribution in [1.29, 1.82) is 0 Å². The van der Waals surface area contributed by atoms with Crippen LogP contribution < -0.4 is 5.32 Å². The van der Waals surface area contributed by atoms with Crippen LogP contribution in [0, 0.1) is 0 Å². The van der Waals surface area contributed by atoms with Gasteiger partial charge in [-0.2, -0.15) is 0 Å². The van der Waals surface area contributed by atoms with Crippen LogP contribution in [0.15, 0.2) is 18.2 Å². The lowest BCUT2D eigenvalue weighted by molar-refractivity contribution is 0.482. The molecule has 0 aliphatic carbocycles. The summed E-state index contributed by atoms with van der Waals surface area (Å²) in [5.74, 6) is 0. The van der Waals surface area contributed by atoms with E-state index < -0.39 is 15.1 Å². The number of nitrogens with one attached hydrogen (secondary N) is 1. The molecule has 1 N–H and O–H groups in total. The maximum atomic E-state index is 11.8. The summed E-state index contributed by atoms with van der Waals surface area (Å²) in [7, 11) is -3.11. The van der Waals surface area contributed by atoms with Gasteiger partial charge in [0.15, 0.2) is 9.84 Å². The monoisotopic (exact) mass is 337 g/mol. The quantitative estimate of drug-likeness (QED) is 0.829. The highest BCUT2D eigenvalue weighted by Crippen LogP contribution is 2.23. The van der Waals surface area contributed by atoms with E-state index in [2.05, 4.69) is 5.32 Å². The maximum Gasteiger partial charge on any atom is 0.151 e. The molecule has 0 saturated heterocycles. The summed E-state index contributed by atoms with van der Waals surface area (Å²) in [6.45, 7) is 4.55. The standard InChI is InChI=1S/C14H21Cl2NO2S/c1-4-7-17-14(10(2)20(3,18)19)8-11-5-6-12(15)9-13(11)16/h5-6,9-10,14,17H,4,7-8H2,1-3H3. The Morgan fingerprint density at radius 1 is 1.30 bits per heavy atom. The Morgan fingerprint density at radius 2 is 1.95 bits per heavy atom. The Morgan fingerprint density at radius 3 is 2.45 bits per heavy atom. The van der Waals surface area contributed by atoms with Gasteiger partial charge < -0.3 is 5.32 Å². The van der Waals surface area contributed by atoms with Crippen LogP contribution in [0.3, 0.4) is 0 Å².